The third kappa shape index (κ3) is 5.37. The van der Waals surface area contributed by atoms with Gasteiger partial charge in [0, 0.05) is 16.8 Å². The van der Waals surface area contributed by atoms with Crippen molar-refractivity contribution in [2.24, 2.45) is 0 Å². The van der Waals surface area contributed by atoms with Gasteiger partial charge in [-0.15, -0.1) is 11.3 Å². The molecular formula is C20H19FN4O2S. The molecule has 6 nitrogen and oxygen atoms in total. The smallest absolute Gasteiger partial charge is 0.325 e. The molecule has 0 aliphatic rings. The van der Waals surface area contributed by atoms with E-state index in [2.05, 4.69) is 20.9 Å². The Bertz CT molecular complexity index is 1020. The quantitative estimate of drug-likeness (QED) is 0.581. The summed E-state index contributed by atoms with van der Waals surface area (Å²) in [5, 5.41) is 10.1. The van der Waals surface area contributed by atoms with Crippen molar-refractivity contribution in [3.63, 3.8) is 0 Å². The number of halogens is 1. The zero-order valence-corrected chi connectivity index (χ0v) is 16.2. The fourth-order valence-corrected chi connectivity index (χ4v) is 3.17. The molecule has 0 radical (unpaired) electrons. The highest BCUT2D eigenvalue weighted by Crippen LogP contribution is 2.18. The van der Waals surface area contributed by atoms with Gasteiger partial charge in [-0.3, -0.25) is 10.1 Å². The number of aryl methyl sites for hydroxylation is 2. The van der Waals surface area contributed by atoms with E-state index in [1.807, 2.05) is 25.1 Å². The number of amides is 3. The summed E-state index contributed by atoms with van der Waals surface area (Å²) in [6.45, 7) is 3.59. The zero-order chi connectivity index (χ0) is 20.1. The third-order valence-corrected chi connectivity index (χ3v) is 4.65. The maximum atomic E-state index is 13.6. The van der Waals surface area contributed by atoms with E-state index in [9.17, 15) is 14.0 Å². The van der Waals surface area contributed by atoms with Crippen LogP contribution in [0.1, 0.15) is 16.8 Å². The van der Waals surface area contributed by atoms with E-state index in [1.54, 1.807) is 30.5 Å². The Morgan fingerprint density at radius 1 is 1.04 bits per heavy atom. The summed E-state index contributed by atoms with van der Waals surface area (Å²) in [5.41, 5.74) is 3.13. The summed E-state index contributed by atoms with van der Waals surface area (Å²) >= 11 is 1.22. The lowest BCUT2D eigenvalue weighted by Crippen LogP contribution is -2.19. The van der Waals surface area contributed by atoms with Crippen molar-refractivity contribution < 1.29 is 14.0 Å². The first-order chi connectivity index (χ1) is 13.4. The van der Waals surface area contributed by atoms with Crippen LogP contribution in [0.4, 0.5) is 25.7 Å². The van der Waals surface area contributed by atoms with Crippen molar-refractivity contribution in [1.82, 2.24) is 4.98 Å². The van der Waals surface area contributed by atoms with Gasteiger partial charge in [-0.2, -0.15) is 0 Å². The van der Waals surface area contributed by atoms with Crippen molar-refractivity contribution in [1.29, 1.82) is 0 Å². The normalized spacial score (nSPS) is 10.4. The molecule has 0 spiro atoms. The second-order valence-electron chi connectivity index (χ2n) is 6.28. The number of nitrogens with zero attached hydrogens (tertiary/aromatic N) is 1. The Morgan fingerprint density at radius 2 is 1.82 bits per heavy atom. The Hall–Kier alpha value is -3.26. The summed E-state index contributed by atoms with van der Waals surface area (Å²) in [7, 11) is 0. The van der Waals surface area contributed by atoms with Gasteiger partial charge in [0.15, 0.2) is 5.13 Å². The molecule has 8 heteroatoms. The Morgan fingerprint density at radius 3 is 2.57 bits per heavy atom. The summed E-state index contributed by atoms with van der Waals surface area (Å²) in [6.07, 6.45) is 0.0210. The van der Waals surface area contributed by atoms with E-state index >= 15 is 0 Å². The highest BCUT2D eigenvalue weighted by atomic mass is 32.1. The minimum atomic E-state index is -0.411. The van der Waals surface area contributed by atoms with Gasteiger partial charge in [0.2, 0.25) is 5.91 Å². The fraction of sp³-hybridized carbons (Fsp3) is 0.150. The molecule has 3 aromatic rings. The molecule has 0 aliphatic carbocycles. The molecule has 0 saturated carbocycles. The lowest BCUT2D eigenvalue weighted by atomic mass is 10.2. The van der Waals surface area contributed by atoms with Gasteiger partial charge < -0.3 is 10.6 Å². The number of benzene rings is 2. The number of rotatable bonds is 5. The molecule has 3 amide bonds. The Labute approximate surface area is 165 Å². The van der Waals surface area contributed by atoms with Gasteiger partial charge in [0.05, 0.1) is 12.1 Å². The molecule has 0 saturated heterocycles. The largest absolute Gasteiger partial charge is 0.326 e. The molecule has 1 heterocycles. The minimum absolute atomic E-state index is 0.0210. The second-order valence-corrected chi connectivity index (χ2v) is 7.14. The number of nitrogens with one attached hydrogen (secondary N) is 3. The molecule has 0 unspecified atom stereocenters. The van der Waals surface area contributed by atoms with Gasteiger partial charge in [0.25, 0.3) is 0 Å². The first-order valence-electron chi connectivity index (χ1n) is 8.54. The van der Waals surface area contributed by atoms with Gasteiger partial charge in [-0.05, 0) is 49.2 Å². The molecule has 144 valence electrons. The Balaban J connectivity index is 1.53. The zero-order valence-electron chi connectivity index (χ0n) is 15.4. The average molecular weight is 398 g/mol. The number of aromatic nitrogens is 1. The van der Waals surface area contributed by atoms with E-state index < -0.39 is 6.03 Å². The van der Waals surface area contributed by atoms with Gasteiger partial charge in [-0.25, -0.2) is 14.2 Å². The number of hydrogen-bond acceptors (Lipinski definition) is 4. The Kier molecular flexibility index (Phi) is 6.00. The van der Waals surface area contributed by atoms with Crippen molar-refractivity contribution >= 4 is 39.8 Å². The summed E-state index contributed by atoms with van der Waals surface area (Å²) in [6, 6.07) is 11.5. The van der Waals surface area contributed by atoms with E-state index in [0.29, 0.717) is 27.8 Å². The number of urea groups is 1. The van der Waals surface area contributed by atoms with E-state index in [1.165, 1.54) is 17.4 Å². The second kappa shape index (κ2) is 8.62. The van der Waals surface area contributed by atoms with Crippen LogP contribution in [0.3, 0.4) is 0 Å². The predicted octanol–water partition coefficient (Wildman–Crippen LogP) is 4.72. The molecule has 0 atom stereocenters. The molecule has 0 bridgehead atoms. The van der Waals surface area contributed by atoms with Crippen LogP contribution in [0.25, 0.3) is 0 Å². The number of thiazole rings is 1. The van der Waals surface area contributed by atoms with Crippen LogP contribution in [-0.4, -0.2) is 16.9 Å². The molecule has 3 rings (SSSR count). The number of anilines is 3. The topological polar surface area (TPSA) is 83.1 Å². The van der Waals surface area contributed by atoms with Crippen LogP contribution in [0.5, 0.6) is 0 Å². The van der Waals surface area contributed by atoms with E-state index in [4.69, 9.17) is 0 Å². The van der Waals surface area contributed by atoms with E-state index in [0.717, 1.165) is 5.56 Å². The van der Waals surface area contributed by atoms with Gasteiger partial charge >= 0.3 is 6.03 Å². The maximum absolute atomic E-state index is 13.6. The van der Waals surface area contributed by atoms with Crippen molar-refractivity contribution in [2.45, 2.75) is 20.3 Å². The molecule has 28 heavy (non-hydrogen) atoms. The van der Waals surface area contributed by atoms with Crippen molar-refractivity contribution in [3.05, 3.63) is 70.5 Å². The number of carbonyl (C=O) groups is 2. The van der Waals surface area contributed by atoms with Crippen LogP contribution in [0.15, 0.2) is 47.8 Å². The van der Waals surface area contributed by atoms with Crippen LogP contribution in [0, 0.1) is 19.7 Å². The molecule has 1 aromatic heterocycles. The van der Waals surface area contributed by atoms with E-state index in [-0.39, 0.29) is 18.1 Å². The van der Waals surface area contributed by atoms with Crippen molar-refractivity contribution in [3.8, 4) is 0 Å². The van der Waals surface area contributed by atoms with Crippen LogP contribution in [-0.2, 0) is 11.2 Å². The van der Waals surface area contributed by atoms with Gasteiger partial charge in [0.1, 0.15) is 5.82 Å². The number of carbonyl (C=O) groups excluding carboxylic acids is 2. The molecule has 3 N–H and O–H groups in total. The highest BCUT2D eigenvalue weighted by molar-refractivity contribution is 7.14. The SMILES string of the molecule is Cc1cccc(NC(=O)Nc2nc(CC(=O)Nc3ccc(C)c(F)c3)cs2)c1. The van der Waals surface area contributed by atoms with Crippen LogP contribution >= 0.6 is 11.3 Å². The van der Waals surface area contributed by atoms with Gasteiger partial charge in [-0.1, -0.05) is 18.2 Å². The number of hydrogen-bond donors (Lipinski definition) is 3. The lowest BCUT2D eigenvalue weighted by Gasteiger charge is -2.06. The fourth-order valence-electron chi connectivity index (χ4n) is 2.47. The standard InChI is InChI=1S/C20H19FN4O2S/c1-12-4-3-5-14(8-12)23-19(27)25-20-24-16(11-28-20)10-18(26)22-15-7-6-13(2)17(21)9-15/h3-9,11H,10H2,1-2H3,(H,22,26)(H2,23,24,25,27). The average Bonchev–Trinajstić information content (AvgIpc) is 3.04. The summed E-state index contributed by atoms with van der Waals surface area (Å²) in [4.78, 5) is 28.4. The predicted molar refractivity (Wildman–Crippen MR) is 109 cm³/mol. The first-order valence-corrected chi connectivity index (χ1v) is 9.42. The highest BCUT2D eigenvalue weighted by Gasteiger charge is 2.11. The molecule has 0 fully saturated rings. The van der Waals surface area contributed by atoms with Crippen molar-refractivity contribution in [2.75, 3.05) is 16.0 Å². The summed E-state index contributed by atoms with van der Waals surface area (Å²) < 4.78 is 13.6. The lowest BCUT2D eigenvalue weighted by molar-refractivity contribution is -0.115. The first kappa shape index (κ1) is 19.5. The third-order valence-electron chi connectivity index (χ3n) is 3.85. The maximum Gasteiger partial charge on any atom is 0.325 e. The van der Waals surface area contributed by atoms with Crippen LogP contribution in [0.2, 0.25) is 0 Å². The molecule has 0 aliphatic heterocycles. The monoisotopic (exact) mass is 398 g/mol. The van der Waals surface area contributed by atoms with Crippen LogP contribution < -0.4 is 16.0 Å². The summed E-state index contributed by atoms with van der Waals surface area (Å²) in [5.74, 6) is -0.693. The minimum Gasteiger partial charge on any atom is -0.326 e. The molecule has 2 aromatic carbocycles. The molecular weight excluding hydrogens is 379 g/mol.